The number of nitrogens with zero attached hydrogens (tertiary/aromatic N) is 4. The highest BCUT2D eigenvalue weighted by molar-refractivity contribution is 5.79. The van der Waals surface area contributed by atoms with E-state index in [0.717, 1.165) is 51.0 Å². The lowest BCUT2D eigenvalue weighted by Crippen LogP contribution is -2.44. The van der Waals surface area contributed by atoms with E-state index >= 15 is 0 Å². The molecule has 1 aliphatic rings. The van der Waals surface area contributed by atoms with Crippen molar-refractivity contribution >= 4 is 11.8 Å². The average Bonchev–Trinajstić information content (AvgIpc) is 2.54. The molecular weight excluding hydrogens is 276 g/mol. The normalized spacial score (nSPS) is 15.5. The maximum absolute atomic E-state index is 4.61. The molecule has 0 atom stereocenters. The molecule has 6 heteroatoms. The van der Waals surface area contributed by atoms with Crippen molar-refractivity contribution in [2.45, 2.75) is 20.4 Å². The molecule has 22 heavy (non-hydrogen) atoms. The van der Waals surface area contributed by atoms with Gasteiger partial charge in [-0.25, -0.2) is 9.98 Å². The molecule has 0 unspecified atom stereocenters. The standard InChI is InChI=1S/C16H28N6/c1-4-17-16(18-5-2)20-13-14-6-7-19-15(12-14)22-10-8-21(3)9-11-22/h6-7,12H,4-5,8-11,13H2,1-3H3,(H2,17,18,20). The van der Waals surface area contributed by atoms with Gasteiger partial charge in [0.05, 0.1) is 6.54 Å². The molecule has 122 valence electrons. The molecular formula is C16H28N6. The molecule has 1 saturated heterocycles. The van der Waals surface area contributed by atoms with Crippen LogP contribution in [0.4, 0.5) is 5.82 Å². The summed E-state index contributed by atoms with van der Waals surface area (Å²) in [5.41, 5.74) is 1.19. The second kappa shape index (κ2) is 8.58. The summed E-state index contributed by atoms with van der Waals surface area (Å²) in [6, 6.07) is 4.20. The Balaban J connectivity index is 2.00. The van der Waals surface area contributed by atoms with Crippen LogP contribution in [0.2, 0.25) is 0 Å². The number of pyridine rings is 1. The summed E-state index contributed by atoms with van der Waals surface area (Å²) in [5.74, 6) is 1.93. The Bertz CT molecular complexity index is 471. The molecule has 2 heterocycles. The molecule has 0 aromatic carbocycles. The van der Waals surface area contributed by atoms with Gasteiger partial charge in [-0.1, -0.05) is 0 Å². The fourth-order valence-electron chi connectivity index (χ4n) is 2.45. The van der Waals surface area contributed by atoms with Crippen molar-refractivity contribution < 1.29 is 0 Å². The van der Waals surface area contributed by atoms with Gasteiger partial charge >= 0.3 is 0 Å². The highest BCUT2D eigenvalue weighted by Gasteiger charge is 2.15. The number of hydrogen-bond acceptors (Lipinski definition) is 4. The Hall–Kier alpha value is -1.82. The summed E-state index contributed by atoms with van der Waals surface area (Å²) in [7, 11) is 2.17. The maximum atomic E-state index is 4.61. The molecule has 6 nitrogen and oxygen atoms in total. The molecule has 0 amide bonds. The zero-order valence-electron chi connectivity index (χ0n) is 14.0. The average molecular weight is 304 g/mol. The van der Waals surface area contributed by atoms with Crippen molar-refractivity contribution in [2.75, 3.05) is 51.2 Å². The molecule has 1 aromatic heterocycles. The fourth-order valence-corrected chi connectivity index (χ4v) is 2.45. The third-order valence-corrected chi connectivity index (χ3v) is 3.75. The minimum atomic E-state index is 0.665. The molecule has 0 radical (unpaired) electrons. The van der Waals surface area contributed by atoms with Crippen LogP contribution >= 0.6 is 0 Å². The summed E-state index contributed by atoms with van der Waals surface area (Å²) in [4.78, 5) is 13.8. The Labute approximate surface area is 133 Å². The number of piperazine rings is 1. The summed E-state index contributed by atoms with van der Waals surface area (Å²) in [6.07, 6.45) is 1.89. The summed E-state index contributed by atoms with van der Waals surface area (Å²) < 4.78 is 0. The SMILES string of the molecule is CCNC(=NCc1ccnc(N2CCN(C)CC2)c1)NCC. The third-order valence-electron chi connectivity index (χ3n) is 3.75. The van der Waals surface area contributed by atoms with E-state index in [1.807, 2.05) is 12.3 Å². The van der Waals surface area contributed by atoms with Gasteiger partial charge in [-0.3, -0.25) is 0 Å². The quantitative estimate of drug-likeness (QED) is 0.625. The zero-order valence-corrected chi connectivity index (χ0v) is 14.0. The van der Waals surface area contributed by atoms with Gasteiger partial charge in [-0.05, 0) is 38.6 Å². The van der Waals surface area contributed by atoms with Crippen molar-refractivity contribution in [3.8, 4) is 0 Å². The van der Waals surface area contributed by atoms with Crippen LogP contribution in [-0.2, 0) is 6.54 Å². The first-order valence-corrected chi connectivity index (χ1v) is 8.13. The van der Waals surface area contributed by atoms with Crippen molar-refractivity contribution in [1.82, 2.24) is 20.5 Å². The fraction of sp³-hybridized carbons (Fsp3) is 0.625. The third kappa shape index (κ3) is 4.87. The molecule has 2 N–H and O–H groups in total. The zero-order chi connectivity index (χ0) is 15.8. The highest BCUT2D eigenvalue weighted by atomic mass is 15.3. The number of rotatable bonds is 5. The molecule has 1 fully saturated rings. The lowest BCUT2D eigenvalue weighted by Gasteiger charge is -2.33. The first-order chi connectivity index (χ1) is 10.7. The van der Waals surface area contributed by atoms with Crippen LogP contribution in [0.5, 0.6) is 0 Å². The van der Waals surface area contributed by atoms with Gasteiger partial charge in [0, 0.05) is 45.5 Å². The number of aliphatic imine (C=N–C) groups is 1. The maximum Gasteiger partial charge on any atom is 0.191 e. The summed E-state index contributed by atoms with van der Waals surface area (Å²) in [5, 5.41) is 6.49. The summed E-state index contributed by atoms with van der Waals surface area (Å²) in [6.45, 7) is 10.8. The Morgan fingerprint density at radius 1 is 1.18 bits per heavy atom. The van der Waals surface area contributed by atoms with Gasteiger partial charge in [0.1, 0.15) is 5.82 Å². The van der Waals surface area contributed by atoms with Crippen LogP contribution in [0.3, 0.4) is 0 Å². The number of likely N-dealkylation sites (N-methyl/N-ethyl adjacent to an activating group) is 1. The number of hydrogen-bond donors (Lipinski definition) is 2. The van der Waals surface area contributed by atoms with E-state index in [1.165, 1.54) is 5.56 Å². The van der Waals surface area contributed by atoms with Gasteiger partial charge in [-0.15, -0.1) is 0 Å². The Kier molecular flexibility index (Phi) is 6.45. The predicted molar refractivity (Wildman–Crippen MR) is 92.4 cm³/mol. The predicted octanol–water partition coefficient (Wildman–Crippen LogP) is 0.908. The van der Waals surface area contributed by atoms with Crippen LogP contribution < -0.4 is 15.5 Å². The molecule has 1 aromatic rings. The van der Waals surface area contributed by atoms with Crippen molar-refractivity contribution in [2.24, 2.45) is 4.99 Å². The van der Waals surface area contributed by atoms with Gasteiger partial charge in [0.25, 0.3) is 0 Å². The topological polar surface area (TPSA) is 55.8 Å². The van der Waals surface area contributed by atoms with Crippen LogP contribution in [-0.4, -0.2) is 62.2 Å². The lowest BCUT2D eigenvalue weighted by molar-refractivity contribution is 0.312. The van der Waals surface area contributed by atoms with Crippen molar-refractivity contribution in [1.29, 1.82) is 0 Å². The van der Waals surface area contributed by atoms with E-state index in [-0.39, 0.29) is 0 Å². The van der Waals surface area contributed by atoms with E-state index in [2.05, 4.69) is 57.4 Å². The number of guanidine groups is 1. The molecule has 2 rings (SSSR count). The van der Waals surface area contributed by atoms with Crippen molar-refractivity contribution in [3.63, 3.8) is 0 Å². The first-order valence-electron chi connectivity index (χ1n) is 8.13. The largest absolute Gasteiger partial charge is 0.357 e. The van der Waals surface area contributed by atoms with Crippen LogP contribution in [0.15, 0.2) is 23.3 Å². The highest BCUT2D eigenvalue weighted by Crippen LogP contribution is 2.15. The lowest BCUT2D eigenvalue weighted by atomic mass is 10.2. The van der Waals surface area contributed by atoms with Gasteiger partial charge in [0.2, 0.25) is 0 Å². The second-order valence-electron chi connectivity index (χ2n) is 5.54. The van der Waals surface area contributed by atoms with E-state index in [4.69, 9.17) is 0 Å². The molecule has 0 aliphatic carbocycles. The minimum Gasteiger partial charge on any atom is -0.357 e. The van der Waals surface area contributed by atoms with Gasteiger partial charge in [0.15, 0.2) is 5.96 Å². The smallest absolute Gasteiger partial charge is 0.191 e. The van der Waals surface area contributed by atoms with E-state index < -0.39 is 0 Å². The molecule has 0 bridgehead atoms. The molecule has 1 aliphatic heterocycles. The summed E-state index contributed by atoms with van der Waals surface area (Å²) >= 11 is 0. The van der Waals surface area contributed by atoms with E-state index in [0.29, 0.717) is 6.54 Å². The van der Waals surface area contributed by atoms with Crippen molar-refractivity contribution in [3.05, 3.63) is 23.9 Å². The van der Waals surface area contributed by atoms with Crippen LogP contribution in [0.25, 0.3) is 0 Å². The van der Waals surface area contributed by atoms with E-state index in [1.54, 1.807) is 0 Å². The minimum absolute atomic E-state index is 0.665. The van der Waals surface area contributed by atoms with Crippen LogP contribution in [0, 0.1) is 0 Å². The Morgan fingerprint density at radius 3 is 2.50 bits per heavy atom. The number of aromatic nitrogens is 1. The molecule has 0 spiro atoms. The monoisotopic (exact) mass is 304 g/mol. The first kappa shape index (κ1) is 16.5. The Morgan fingerprint density at radius 2 is 1.86 bits per heavy atom. The molecule has 0 saturated carbocycles. The van der Waals surface area contributed by atoms with Gasteiger partial charge < -0.3 is 20.4 Å². The van der Waals surface area contributed by atoms with Crippen LogP contribution in [0.1, 0.15) is 19.4 Å². The number of anilines is 1. The van der Waals surface area contributed by atoms with E-state index in [9.17, 15) is 0 Å². The van der Waals surface area contributed by atoms with Gasteiger partial charge in [-0.2, -0.15) is 0 Å². The second-order valence-corrected chi connectivity index (χ2v) is 5.54. The number of nitrogens with one attached hydrogen (secondary N) is 2.